The molecule has 1 aliphatic carbocycles. The highest BCUT2D eigenvalue weighted by Gasteiger charge is 2.29. The predicted molar refractivity (Wildman–Crippen MR) is 115 cm³/mol. The Labute approximate surface area is 169 Å². The number of anilines is 2. The lowest BCUT2D eigenvalue weighted by atomic mass is 9.83. The second-order valence-corrected chi connectivity index (χ2v) is 7.74. The second-order valence-electron chi connectivity index (χ2n) is 6.82. The van der Waals surface area contributed by atoms with E-state index in [0.717, 1.165) is 32.2 Å². The Morgan fingerprint density at radius 1 is 0.821 bits per heavy atom. The van der Waals surface area contributed by atoms with Crippen molar-refractivity contribution in [3.05, 3.63) is 92.7 Å². The van der Waals surface area contributed by atoms with Crippen LogP contribution in [-0.4, -0.2) is 10.4 Å². The van der Waals surface area contributed by atoms with Crippen LogP contribution in [0.5, 0.6) is 0 Å². The minimum Gasteiger partial charge on any atom is -0.350 e. The van der Waals surface area contributed by atoms with Crippen LogP contribution in [0.15, 0.2) is 76.0 Å². The van der Waals surface area contributed by atoms with E-state index >= 15 is 0 Å². The third kappa shape index (κ3) is 2.36. The van der Waals surface area contributed by atoms with Crippen molar-refractivity contribution in [3.8, 4) is 11.1 Å². The summed E-state index contributed by atoms with van der Waals surface area (Å²) in [5.41, 5.74) is 4.72. The number of hydrogen-bond donors (Lipinski definition) is 1. The van der Waals surface area contributed by atoms with Crippen molar-refractivity contribution in [2.24, 2.45) is 7.05 Å². The molecule has 0 spiro atoms. The minimum absolute atomic E-state index is 0.0121. The first-order valence-electron chi connectivity index (χ1n) is 8.88. The van der Waals surface area contributed by atoms with Gasteiger partial charge >= 0.3 is 0 Å². The van der Waals surface area contributed by atoms with E-state index < -0.39 is 0 Å². The highest BCUT2D eigenvalue weighted by molar-refractivity contribution is 9.10. The lowest BCUT2D eigenvalue weighted by molar-refractivity contribution is 0.104. The normalized spacial score (nSPS) is 12.1. The topological polar surface area (TPSA) is 51.1 Å². The number of fused-ring (bicyclic) bond motifs is 2. The number of rotatable bonds is 2. The van der Waals surface area contributed by atoms with Crippen molar-refractivity contribution in [2.75, 3.05) is 5.32 Å². The molecule has 0 fully saturated rings. The Balaban J connectivity index is 1.91. The Kier molecular flexibility index (Phi) is 3.74. The summed E-state index contributed by atoms with van der Waals surface area (Å²) in [7, 11) is 1.74. The first-order chi connectivity index (χ1) is 13.6. The maximum Gasteiger partial charge on any atom is 0.275 e. The Hall–Kier alpha value is -3.18. The molecule has 4 aromatic rings. The van der Waals surface area contributed by atoms with Crippen molar-refractivity contribution >= 4 is 44.0 Å². The van der Waals surface area contributed by atoms with Crippen LogP contribution in [0, 0.1) is 0 Å². The van der Waals surface area contributed by atoms with Crippen LogP contribution in [0.2, 0.25) is 0 Å². The summed E-state index contributed by atoms with van der Waals surface area (Å²) >= 11 is 3.43. The summed E-state index contributed by atoms with van der Waals surface area (Å²) in [4.78, 5) is 26.4. The maximum atomic E-state index is 13.3. The molecule has 0 saturated carbocycles. The Morgan fingerprint density at radius 3 is 2.25 bits per heavy atom. The zero-order chi connectivity index (χ0) is 19.4. The van der Waals surface area contributed by atoms with E-state index in [2.05, 4.69) is 21.2 Å². The molecule has 5 rings (SSSR count). The van der Waals surface area contributed by atoms with Crippen LogP contribution in [0.25, 0.3) is 22.0 Å². The summed E-state index contributed by atoms with van der Waals surface area (Å²) < 4.78 is 2.56. The smallest absolute Gasteiger partial charge is 0.275 e. The van der Waals surface area contributed by atoms with Gasteiger partial charge < -0.3 is 9.88 Å². The average Bonchev–Trinajstić information content (AvgIpc) is 2.72. The summed E-state index contributed by atoms with van der Waals surface area (Å²) in [5.74, 6) is -0.0121. The maximum absolute atomic E-state index is 13.3. The van der Waals surface area contributed by atoms with Gasteiger partial charge in [-0.15, -0.1) is 0 Å². The highest BCUT2D eigenvalue weighted by atomic mass is 79.9. The number of halogens is 1. The fraction of sp³-hybridized carbons (Fsp3) is 0.0435. The van der Waals surface area contributed by atoms with Gasteiger partial charge in [-0.05, 0) is 35.9 Å². The van der Waals surface area contributed by atoms with Crippen molar-refractivity contribution in [1.82, 2.24) is 4.57 Å². The van der Waals surface area contributed by atoms with Crippen LogP contribution in [-0.2, 0) is 7.05 Å². The number of nitrogens with zero attached hydrogens (tertiary/aromatic N) is 1. The number of carbonyl (C=O) groups is 1. The molecule has 0 amide bonds. The van der Waals surface area contributed by atoms with Gasteiger partial charge in [0, 0.05) is 39.3 Å². The van der Waals surface area contributed by atoms with Gasteiger partial charge in [-0.1, -0.05) is 52.3 Å². The largest absolute Gasteiger partial charge is 0.350 e. The van der Waals surface area contributed by atoms with Gasteiger partial charge in [0.15, 0.2) is 5.78 Å². The molecule has 1 N–H and O–H groups in total. The zero-order valence-electron chi connectivity index (χ0n) is 15.0. The quantitative estimate of drug-likeness (QED) is 0.415. The molecule has 136 valence electrons. The van der Waals surface area contributed by atoms with Gasteiger partial charge in [-0.3, -0.25) is 9.59 Å². The summed E-state index contributed by atoms with van der Waals surface area (Å²) in [6.45, 7) is 0. The number of nitrogens with one attached hydrogen (secondary N) is 1. The first kappa shape index (κ1) is 17.0. The number of ketones is 1. The van der Waals surface area contributed by atoms with Crippen molar-refractivity contribution in [1.29, 1.82) is 0 Å². The molecule has 1 aromatic heterocycles. The van der Waals surface area contributed by atoms with Crippen molar-refractivity contribution < 1.29 is 4.79 Å². The summed E-state index contributed by atoms with van der Waals surface area (Å²) in [6.07, 6.45) is 0. The molecule has 4 nitrogen and oxygen atoms in total. The molecule has 28 heavy (non-hydrogen) atoms. The number of benzene rings is 3. The van der Waals surface area contributed by atoms with Gasteiger partial charge in [0.25, 0.3) is 5.56 Å². The third-order valence-corrected chi connectivity index (χ3v) is 5.75. The molecule has 0 aliphatic heterocycles. The van der Waals surface area contributed by atoms with Gasteiger partial charge in [0.05, 0.1) is 5.52 Å². The molecule has 0 atom stereocenters. The van der Waals surface area contributed by atoms with E-state index in [-0.39, 0.29) is 11.3 Å². The van der Waals surface area contributed by atoms with E-state index in [1.165, 1.54) is 0 Å². The first-order valence-corrected chi connectivity index (χ1v) is 9.68. The predicted octanol–water partition coefficient (Wildman–Crippen LogP) is 5.26. The van der Waals surface area contributed by atoms with Crippen molar-refractivity contribution in [3.63, 3.8) is 0 Å². The van der Waals surface area contributed by atoms with E-state index in [0.29, 0.717) is 16.8 Å². The molecule has 0 bridgehead atoms. The molecule has 1 aliphatic rings. The monoisotopic (exact) mass is 430 g/mol. The van der Waals surface area contributed by atoms with Crippen LogP contribution >= 0.6 is 15.9 Å². The van der Waals surface area contributed by atoms with Gasteiger partial charge in [0.1, 0.15) is 5.69 Å². The Morgan fingerprint density at radius 2 is 1.50 bits per heavy atom. The number of pyridine rings is 1. The molecular formula is C23H15BrN2O2. The SMILES string of the molecule is Cn1c(=O)c(Nc2ccc(Br)cc2)c2c3c(cccc31)C(=O)c1ccccc1-2. The van der Waals surface area contributed by atoms with Gasteiger partial charge in [0.2, 0.25) is 0 Å². The standard InChI is InChI=1S/C23H15BrN2O2/c1-26-18-8-4-7-17-19(18)20(15-5-2-3-6-16(15)22(17)27)21(23(26)28)25-14-11-9-13(24)10-12-14/h2-12,25H,1H3. The number of aryl methyl sites for hydroxylation is 1. The van der Waals surface area contributed by atoms with Crippen LogP contribution in [0.1, 0.15) is 15.9 Å². The molecule has 0 unspecified atom stereocenters. The number of aromatic nitrogens is 1. The van der Waals surface area contributed by atoms with Gasteiger partial charge in [-0.25, -0.2) is 0 Å². The molecule has 3 aromatic carbocycles. The van der Waals surface area contributed by atoms with Crippen LogP contribution in [0.4, 0.5) is 11.4 Å². The van der Waals surface area contributed by atoms with E-state index in [1.807, 2.05) is 66.7 Å². The number of carbonyl (C=O) groups excluding carboxylic acids is 1. The van der Waals surface area contributed by atoms with Crippen LogP contribution < -0.4 is 10.9 Å². The fourth-order valence-electron chi connectivity index (χ4n) is 3.89. The fourth-order valence-corrected chi connectivity index (χ4v) is 4.15. The summed E-state index contributed by atoms with van der Waals surface area (Å²) in [6, 6.07) is 20.7. The second kappa shape index (κ2) is 6.17. The lowest BCUT2D eigenvalue weighted by Crippen LogP contribution is -2.24. The minimum atomic E-state index is -0.133. The van der Waals surface area contributed by atoms with Gasteiger partial charge in [-0.2, -0.15) is 0 Å². The molecule has 5 heteroatoms. The Bertz CT molecular complexity index is 1340. The summed E-state index contributed by atoms with van der Waals surface area (Å²) in [5, 5.41) is 4.12. The van der Waals surface area contributed by atoms with E-state index in [4.69, 9.17) is 0 Å². The number of hydrogen-bond acceptors (Lipinski definition) is 3. The molecule has 0 radical (unpaired) electrons. The highest BCUT2D eigenvalue weighted by Crippen LogP contribution is 2.42. The molecular weight excluding hydrogens is 416 g/mol. The molecule has 0 saturated heterocycles. The van der Waals surface area contributed by atoms with Crippen molar-refractivity contribution in [2.45, 2.75) is 0 Å². The van der Waals surface area contributed by atoms with Crippen LogP contribution in [0.3, 0.4) is 0 Å². The van der Waals surface area contributed by atoms with E-state index in [9.17, 15) is 9.59 Å². The third-order valence-electron chi connectivity index (χ3n) is 5.22. The average molecular weight is 431 g/mol. The molecule has 1 heterocycles. The lowest BCUT2D eigenvalue weighted by Gasteiger charge is -2.24. The zero-order valence-corrected chi connectivity index (χ0v) is 16.6. The van der Waals surface area contributed by atoms with E-state index in [1.54, 1.807) is 11.6 Å².